The smallest absolute Gasteiger partial charge is 0.303 e. The van der Waals surface area contributed by atoms with E-state index in [1.165, 1.54) is 0 Å². The van der Waals surface area contributed by atoms with Crippen LogP contribution in [0.1, 0.15) is 58.3 Å². The van der Waals surface area contributed by atoms with Crippen molar-refractivity contribution in [3.63, 3.8) is 0 Å². The molecule has 0 aromatic heterocycles. The highest BCUT2D eigenvalue weighted by molar-refractivity contribution is 7.99. The molecule has 0 rings (SSSR count). The number of hydrogen-bond donors (Lipinski definition) is 4. The molecule has 0 heterocycles. The van der Waals surface area contributed by atoms with Gasteiger partial charge < -0.3 is 20.4 Å². The second-order valence-corrected chi connectivity index (χ2v) is 5.81. The summed E-state index contributed by atoms with van der Waals surface area (Å²) in [6.45, 7) is 1.90. The molecule has 4 N–H and O–H groups in total. The Morgan fingerprint density at radius 1 is 0.905 bits per heavy atom. The van der Waals surface area contributed by atoms with Crippen molar-refractivity contribution >= 4 is 23.7 Å². The van der Waals surface area contributed by atoms with Crippen LogP contribution < -0.4 is 0 Å². The number of aliphatic hydroxyl groups is 2. The van der Waals surface area contributed by atoms with E-state index >= 15 is 0 Å². The van der Waals surface area contributed by atoms with E-state index in [9.17, 15) is 9.59 Å². The number of carbonyl (C=O) groups is 2. The third-order valence-electron chi connectivity index (χ3n) is 2.41. The van der Waals surface area contributed by atoms with E-state index in [0.29, 0.717) is 6.42 Å². The van der Waals surface area contributed by atoms with Crippen molar-refractivity contribution in [3.05, 3.63) is 0 Å². The molecule has 0 aliphatic rings. The molecule has 0 fully saturated rings. The zero-order valence-electron chi connectivity index (χ0n) is 12.7. The van der Waals surface area contributed by atoms with Crippen molar-refractivity contribution in [2.45, 2.75) is 64.6 Å². The monoisotopic (exact) mass is 324 g/mol. The average molecular weight is 324 g/mol. The summed E-state index contributed by atoms with van der Waals surface area (Å²) in [6, 6.07) is 0. The van der Waals surface area contributed by atoms with Crippen LogP contribution in [0.2, 0.25) is 0 Å². The fourth-order valence-corrected chi connectivity index (χ4v) is 2.34. The summed E-state index contributed by atoms with van der Waals surface area (Å²) in [7, 11) is 0. The van der Waals surface area contributed by atoms with Crippen molar-refractivity contribution < 1.29 is 30.0 Å². The van der Waals surface area contributed by atoms with Gasteiger partial charge in [-0.2, -0.15) is 11.8 Å². The van der Waals surface area contributed by atoms with Crippen molar-refractivity contribution in [1.82, 2.24) is 0 Å². The summed E-state index contributed by atoms with van der Waals surface area (Å²) in [6.07, 6.45) is 4.03. The maximum atomic E-state index is 10.2. The molecule has 6 nitrogen and oxygen atoms in total. The summed E-state index contributed by atoms with van der Waals surface area (Å²) in [5.41, 5.74) is 0. The van der Waals surface area contributed by atoms with E-state index in [2.05, 4.69) is 0 Å². The lowest BCUT2D eigenvalue weighted by Gasteiger charge is -2.00. The van der Waals surface area contributed by atoms with E-state index in [1.54, 1.807) is 11.8 Å². The van der Waals surface area contributed by atoms with E-state index in [0.717, 1.165) is 43.6 Å². The third kappa shape index (κ3) is 28.2. The van der Waals surface area contributed by atoms with Gasteiger partial charge in [0.25, 0.3) is 0 Å². The number of rotatable bonds is 12. The third-order valence-corrected chi connectivity index (χ3v) is 3.56. The molecule has 0 unspecified atom stereocenters. The van der Waals surface area contributed by atoms with Crippen molar-refractivity contribution in [2.75, 3.05) is 11.5 Å². The molecule has 21 heavy (non-hydrogen) atoms. The highest BCUT2D eigenvalue weighted by Crippen LogP contribution is 2.09. The molecule has 0 aromatic carbocycles. The minimum absolute atomic E-state index is 0.250. The summed E-state index contributed by atoms with van der Waals surface area (Å²) in [4.78, 5) is 20.3. The van der Waals surface area contributed by atoms with Crippen LogP contribution in [0.25, 0.3) is 0 Å². The van der Waals surface area contributed by atoms with Gasteiger partial charge >= 0.3 is 11.9 Å². The molecule has 0 radical (unpaired) electrons. The van der Waals surface area contributed by atoms with E-state index in [-0.39, 0.29) is 12.8 Å². The highest BCUT2D eigenvalue weighted by atomic mass is 32.2. The lowest BCUT2D eigenvalue weighted by atomic mass is 10.2. The molecular weight excluding hydrogens is 296 g/mol. The van der Waals surface area contributed by atoms with Gasteiger partial charge in [0.15, 0.2) is 6.29 Å². The van der Waals surface area contributed by atoms with Crippen LogP contribution in [-0.2, 0) is 9.59 Å². The van der Waals surface area contributed by atoms with Gasteiger partial charge in [-0.15, -0.1) is 0 Å². The lowest BCUT2D eigenvalue weighted by Crippen LogP contribution is -2.01. The molecule has 0 aromatic rings. The topological polar surface area (TPSA) is 115 Å². The second-order valence-electron chi connectivity index (χ2n) is 4.58. The fourth-order valence-electron chi connectivity index (χ4n) is 1.32. The number of thioether (sulfide) groups is 1. The van der Waals surface area contributed by atoms with E-state index < -0.39 is 18.2 Å². The second kappa shape index (κ2) is 17.3. The largest absolute Gasteiger partial charge is 0.481 e. The van der Waals surface area contributed by atoms with Gasteiger partial charge in [-0.3, -0.25) is 9.59 Å². The molecule has 0 bridgehead atoms. The normalized spacial score (nSPS) is 10.1. The van der Waals surface area contributed by atoms with Crippen molar-refractivity contribution in [1.29, 1.82) is 0 Å². The molecule has 0 saturated heterocycles. The van der Waals surface area contributed by atoms with Gasteiger partial charge in [0.1, 0.15) is 0 Å². The Hall–Kier alpha value is -0.790. The molecule has 7 heteroatoms. The molecular formula is C14H28O6S. The molecule has 0 aliphatic carbocycles. The maximum absolute atomic E-state index is 10.2. The number of aliphatic hydroxyl groups excluding tert-OH is 1. The van der Waals surface area contributed by atoms with Gasteiger partial charge in [-0.1, -0.05) is 13.3 Å². The number of aliphatic carboxylic acids is 2. The van der Waals surface area contributed by atoms with Gasteiger partial charge in [0.2, 0.25) is 0 Å². The van der Waals surface area contributed by atoms with Crippen molar-refractivity contribution in [2.24, 2.45) is 0 Å². The number of carboxylic acids is 2. The van der Waals surface area contributed by atoms with Crippen LogP contribution in [0.15, 0.2) is 0 Å². The Labute approximate surface area is 130 Å². The number of carboxylic acid groups (broad SMARTS) is 2. The zero-order valence-corrected chi connectivity index (χ0v) is 13.5. The molecule has 126 valence electrons. The number of unbranched alkanes of at least 4 members (excludes halogenated alkanes) is 2. The zero-order chi connectivity index (χ0) is 16.5. The Bertz CT molecular complexity index is 238. The average Bonchev–Trinajstić information content (AvgIpc) is 2.36. The highest BCUT2D eigenvalue weighted by Gasteiger charge is 1.98. The maximum Gasteiger partial charge on any atom is 0.303 e. The van der Waals surface area contributed by atoms with E-state index in [1.807, 2.05) is 6.92 Å². The Balaban J connectivity index is 0. The fraction of sp³-hybridized carbons (Fsp3) is 0.857. The summed E-state index contributed by atoms with van der Waals surface area (Å²) in [5.74, 6) is 0.476. The summed E-state index contributed by atoms with van der Waals surface area (Å²) < 4.78 is 0. The van der Waals surface area contributed by atoms with Crippen LogP contribution in [0.5, 0.6) is 0 Å². The van der Waals surface area contributed by atoms with Crippen LogP contribution in [-0.4, -0.2) is 50.2 Å². The molecule has 0 amide bonds. The minimum atomic E-state index is -1.10. The SMILES string of the molecule is CCCC(O)O.O=C(O)CCCCSCCCCC(=O)O. The molecule has 0 spiro atoms. The first-order valence-electron chi connectivity index (χ1n) is 7.27. The standard InChI is InChI=1S/C10H18O4S.C4H10O2/c11-9(12)5-1-3-7-15-8-4-2-6-10(13)14;1-2-3-4(5)6/h1-8H2,(H,11,12)(H,13,14);4-6H,2-3H2,1H3. The van der Waals surface area contributed by atoms with Crippen LogP contribution >= 0.6 is 11.8 Å². The van der Waals surface area contributed by atoms with Gasteiger partial charge in [0.05, 0.1) is 0 Å². The first-order valence-corrected chi connectivity index (χ1v) is 8.43. The predicted octanol–water partition coefficient (Wildman–Crippen LogP) is 2.33. The summed E-state index contributed by atoms with van der Waals surface area (Å²) in [5, 5.41) is 33.0. The van der Waals surface area contributed by atoms with Crippen LogP contribution in [0, 0.1) is 0 Å². The summed E-state index contributed by atoms with van der Waals surface area (Å²) >= 11 is 1.77. The molecule has 0 saturated carbocycles. The first kappa shape index (κ1) is 22.5. The van der Waals surface area contributed by atoms with Gasteiger partial charge in [0, 0.05) is 12.8 Å². The Morgan fingerprint density at radius 2 is 1.33 bits per heavy atom. The Kier molecular flexibility index (Phi) is 18.5. The molecule has 0 atom stereocenters. The Morgan fingerprint density at radius 3 is 1.57 bits per heavy atom. The minimum Gasteiger partial charge on any atom is -0.481 e. The number of hydrogen-bond acceptors (Lipinski definition) is 5. The first-order chi connectivity index (χ1) is 9.90. The quantitative estimate of drug-likeness (QED) is 0.322. The lowest BCUT2D eigenvalue weighted by molar-refractivity contribution is -0.138. The van der Waals surface area contributed by atoms with Gasteiger partial charge in [-0.25, -0.2) is 0 Å². The van der Waals surface area contributed by atoms with Crippen LogP contribution in [0.3, 0.4) is 0 Å². The predicted molar refractivity (Wildman–Crippen MR) is 83.4 cm³/mol. The van der Waals surface area contributed by atoms with Crippen LogP contribution in [0.4, 0.5) is 0 Å². The van der Waals surface area contributed by atoms with E-state index in [4.69, 9.17) is 20.4 Å². The van der Waals surface area contributed by atoms with Crippen molar-refractivity contribution in [3.8, 4) is 0 Å². The molecule has 0 aliphatic heterocycles. The van der Waals surface area contributed by atoms with Gasteiger partial charge in [-0.05, 0) is 43.6 Å².